The van der Waals surface area contributed by atoms with Crippen LogP contribution in [0.15, 0.2) is 30.3 Å². The number of rotatable bonds is 6. The third-order valence-electron chi connectivity index (χ3n) is 3.13. The van der Waals surface area contributed by atoms with Crippen LogP contribution in [0.3, 0.4) is 0 Å². The molecule has 0 aliphatic heterocycles. The second kappa shape index (κ2) is 6.52. The van der Waals surface area contributed by atoms with Gasteiger partial charge in [-0.1, -0.05) is 18.2 Å². The molecule has 0 aliphatic rings. The van der Waals surface area contributed by atoms with Crippen molar-refractivity contribution in [2.24, 2.45) is 0 Å². The Balaban J connectivity index is 2.04. The zero-order chi connectivity index (χ0) is 14.5. The van der Waals surface area contributed by atoms with E-state index in [0.29, 0.717) is 10.6 Å². The Labute approximate surface area is 122 Å². The Kier molecular flexibility index (Phi) is 4.74. The smallest absolute Gasteiger partial charge is 0.347 e. The van der Waals surface area contributed by atoms with Gasteiger partial charge in [-0.25, -0.2) is 9.78 Å². The van der Waals surface area contributed by atoms with Crippen LogP contribution >= 0.6 is 11.3 Å². The highest BCUT2D eigenvalue weighted by Crippen LogP contribution is 2.20. The molecule has 1 aromatic heterocycles. The summed E-state index contributed by atoms with van der Waals surface area (Å²) in [4.78, 5) is 18.0. The monoisotopic (exact) mass is 290 g/mol. The maximum Gasteiger partial charge on any atom is 0.347 e. The molecule has 1 heterocycles. The first-order valence-corrected chi connectivity index (χ1v) is 7.43. The van der Waals surface area contributed by atoms with Crippen LogP contribution in [0.4, 0.5) is 5.69 Å². The summed E-state index contributed by atoms with van der Waals surface area (Å²) in [6.07, 6.45) is 0.765. The molecular weight excluding hydrogens is 272 g/mol. The van der Waals surface area contributed by atoms with Gasteiger partial charge in [0.05, 0.1) is 10.7 Å². The SMILES string of the molecule is CCN(CCc1nc(C)c(C(=O)O)s1)c1ccccc1. The number of nitrogens with zero attached hydrogens (tertiary/aromatic N) is 2. The fraction of sp³-hybridized carbons (Fsp3) is 0.333. The third-order valence-corrected chi connectivity index (χ3v) is 4.34. The number of benzene rings is 1. The lowest BCUT2D eigenvalue weighted by atomic mass is 10.2. The summed E-state index contributed by atoms with van der Waals surface area (Å²) in [5, 5.41) is 9.92. The molecule has 20 heavy (non-hydrogen) atoms. The summed E-state index contributed by atoms with van der Waals surface area (Å²) >= 11 is 1.28. The summed E-state index contributed by atoms with van der Waals surface area (Å²) in [6.45, 7) is 5.62. The van der Waals surface area contributed by atoms with Crippen molar-refractivity contribution in [3.05, 3.63) is 45.9 Å². The molecule has 0 unspecified atom stereocenters. The predicted octanol–water partition coefficient (Wildman–Crippen LogP) is 3.22. The van der Waals surface area contributed by atoms with Gasteiger partial charge in [-0.2, -0.15) is 0 Å². The first kappa shape index (κ1) is 14.5. The Morgan fingerprint density at radius 2 is 2.05 bits per heavy atom. The molecule has 4 nitrogen and oxygen atoms in total. The molecule has 0 aliphatic carbocycles. The van der Waals surface area contributed by atoms with Gasteiger partial charge in [-0.15, -0.1) is 11.3 Å². The van der Waals surface area contributed by atoms with Crippen LogP contribution in [0.1, 0.15) is 27.3 Å². The van der Waals surface area contributed by atoms with Crippen LogP contribution in [0.25, 0.3) is 0 Å². The predicted molar refractivity (Wildman–Crippen MR) is 81.8 cm³/mol. The van der Waals surface area contributed by atoms with Crippen LogP contribution in [0.5, 0.6) is 0 Å². The van der Waals surface area contributed by atoms with Gasteiger partial charge >= 0.3 is 5.97 Å². The standard InChI is InChI=1S/C15H18N2O2S/c1-3-17(12-7-5-4-6-8-12)10-9-13-16-11(2)14(20-13)15(18)19/h4-8H,3,9-10H2,1-2H3,(H,18,19). The molecule has 2 aromatic rings. The number of carboxylic acid groups (broad SMARTS) is 1. The highest BCUT2D eigenvalue weighted by atomic mass is 32.1. The second-order valence-corrected chi connectivity index (χ2v) is 5.58. The average Bonchev–Trinajstić information content (AvgIpc) is 2.82. The minimum atomic E-state index is -0.887. The number of thiazole rings is 1. The number of hydrogen-bond donors (Lipinski definition) is 1. The molecule has 0 bridgehead atoms. The third kappa shape index (κ3) is 3.36. The molecule has 0 spiro atoms. The van der Waals surface area contributed by atoms with Crippen molar-refractivity contribution in [1.82, 2.24) is 4.98 Å². The molecule has 2 rings (SSSR count). The fourth-order valence-electron chi connectivity index (χ4n) is 2.10. The van der Waals surface area contributed by atoms with Gasteiger partial charge in [0.1, 0.15) is 4.88 Å². The topological polar surface area (TPSA) is 53.4 Å². The van der Waals surface area contributed by atoms with E-state index in [2.05, 4.69) is 28.9 Å². The average molecular weight is 290 g/mol. The molecule has 5 heteroatoms. The number of hydrogen-bond acceptors (Lipinski definition) is 4. The van der Waals surface area contributed by atoms with E-state index in [1.165, 1.54) is 17.0 Å². The summed E-state index contributed by atoms with van der Waals surface area (Å²) in [5.41, 5.74) is 1.79. The molecule has 106 valence electrons. The van der Waals surface area contributed by atoms with E-state index in [1.807, 2.05) is 18.2 Å². The largest absolute Gasteiger partial charge is 0.477 e. The van der Waals surface area contributed by atoms with Crippen LogP contribution in [-0.4, -0.2) is 29.1 Å². The van der Waals surface area contributed by atoms with Crippen LogP contribution in [-0.2, 0) is 6.42 Å². The molecule has 0 amide bonds. The Morgan fingerprint density at radius 3 is 2.60 bits per heavy atom. The lowest BCUT2D eigenvalue weighted by molar-refractivity contribution is 0.0701. The highest BCUT2D eigenvalue weighted by molar-refractivity contribution is 7.13. The fourth-order valence-corrected chi connectivity index (χ4v) is 2.99. The second-order valence-electron chi connectivity index (χ2n) is 4.49. The van der Waals surface area contributed by atoms with E-state index >= 15 is 0 Å². The van der Waals surface area contributed by atoms with E-state index in [4.69, 9.17) is 5.11 Å². The minimum absolute atomic E-state index is 0.350. The van der Waals surface area contributed by atoms with Gasteiger partial charge in [0, 0.05) is 25.2 Å². The molecule has 1 N–H and O–H groups in total. The Morgan fingerprint density at radius 1 is 1.35 bits per heavy atom. The van der Waals surface area contributed by atoms with Crippen molar-refractivity contribution < 1.29 is 9.90 Å². The summed E-state index contributed by atoms with van der Waals surface area (Å²) in [7, 11) is 0. The van der Waals surface area contributed by atoms with Crippen molar-refractivity contribution in [1.29, 1.82) is 0 Å². The molecule has 0 fully saturated rings. The zero-order valence-electron chi connectivity index (χ0n) is 11.7. The number of anilines is 1. The van der Waals surface area contributed by atoms with Crippen molar-refractivity contribution in [3.8, 4) is 0 Å². The van der Waals surface area contributed by atoms with Crippen LogP contribution < -0.4 is 4.90 Å². The van der Waals surface area contributed by atoms with E-state index in [0.717, 1.165) is 24.5 Å². The van der Waals surface area contributed by atoms with E-state index < -0.39 is 5.97 Å². The van der Waals surface area contributed by atoms with Gasteiger partial charge in [0.25, 0.3) is 0 Å². The molecule has 0 radical (unpaired) electrons. The number of para-hydroxylation sites is 1. The lowest BCUT2D eigenvalue weighted by Crippen LogP contribution is -2.25. The number of carbonyl (C=O) groups is 1. The van der Waals surface area contributed by atoms with E-state index in [9.17, 15) is 4.79 Å². The number of aromatic nitrogens is 1. The van der Waals surface area contributed by atoms with Gasteiger partial charge in [-0.3, -0.25) is 0 Å². The number of aromatic carboxylic acids is 1. The highest BCUT2D eigenvalue weighted by Gasteiger charge is 2.14. The molecule has 0 saturated heterocycles. The number of likely N-dealkylation sites (N-methyl/N-ethyl adjacent to an activating group) is 1. The van der Waals surface area contributed by atoms with Gasteiger partial charge in [0.15, 0.2) is 0 Å². The number of aryl methyl sites for hydroxylation is 1. The molecule has 0 atom stereocenters. The Hall–Kier alpha value is -1.88. The minimum Gasteiger partial charge on any atom is -0.477 e. The van der Waals surface area contributed by atoms with E-state index in [1.54, 1.807) is 6.92 Å². The first-order valence-electron chi connectivity index (χ1n) is 6.61. The Bertz CT molecular complexity index is 581. The van der Waals surface area contributed by atoms with Gasteiger partial charge in [0.2, 0.25) is 0 Å². The quantitative estimate of drug-likeness (QED) is 0.887. The van der Waals surface area contributed by atoms with Gasteiger partial charge in [-0.05, 0) is 26.0 Å². The molecular formula is C15H18N2O2S. The molecule has 1 aromatic carbocycles. The van der Waals surface area contributed by atoms with Crippen LogP contribution in [0, 0.1) is 6.92 Å². The first-order chi connectivity index (χ1) is 9.61. The van der Waals surface area contributed by atoms with Crippen LogP contribution in [0.2, 0.25) is 0 Å². The normalized spacial score (nSPS) is 10.5. The summed E-state index contributed by atoms with van der Waals surface area (Å²) < 4.78 is 0. The molecule has 0 saturated carbocycles. The van der Waals surface area contributed by atoms with Crippen molar-refractivity contribution in [2.45, 2.75) is 20.3 Å². The van der Waals surface area contributed by atoms with Gasteiger partial charge < -0.3 is 10.0 Å². The maximum absolute atomic E-state index is 11.0. The van der Waals surface area contributed by atoms with E-state index in [-0.39, 0.29) is 0 Å². The van der Waals surface area contributed by atoms with Crippen molar-refractivity contribution >= 4 is 23.0 Å². The zero-order valence-corrected chi connectivity index (χ0v) is 12.5. The maximum atomic E-state index is 11.0. The number of carboxylic acids is 1. The van der Waals surface area contributed by atoms with Crippen molar-refractivity contribution in [3.63, 3.8) is 0 Å². The van der Waals surface area contributed by atoms with Crippen molar-refractivity contribution in [2.75, 3.05) is 18.0 Å². The lowest BCUT2D eigenvalue weighted by Gasteiger charge is -2.22. The summed E-state index contributed by atoms with van der Waals surface area (Å²) in [5.74, 6) is -0.887. The summed E-state index contributed by atoms with van der Waals surface area (Å²) in [6, 6.07) is 10.2.